The molecule has 3 heteroatoms. The highest BCUT2D eigenvalue weighted by Crippen LogP contribution is 2.46. The van der Waals surface area contributed by atoms with Crippen molar-refractivity contribution < 1.29 is 0 Å². The summed E-state index contributed by atoms with van der Waals surface area (Å²) in [5, 5.41) is 0. The molecule has 0 amide bonds. The summed E-state index contributed by atoms with van der Waals surface area (Å²) >= 11 is 5.57. The molecule has 1 heterocycles. The van der Waals surface area contributed by atoms with Crippen LogP contribution in [-0.2, 0) is 5.41 Å². The van der Waals surface area contributed by atoms with Crippen molar-refractivity contribution in [1.82, 2.24) is 0 Å². The van der Waals surface area contributed by atoms with Gasteiger partial charge in [0.05, 0.1) is 0 Å². The highest BCUT2D eigenvalue weighted by Gasteiger charge is 2.36. The Morgan fingerprint density at radius 1 is 1.50 bits per heavy atom. The standard InChI is InChI=1S/C11H16BrNS/c1-8-6-9(12)10(14-8)11(7-13)4-2-3-5-11/h6H,2-5,7,13H2,1H3. The molecule has 2 rings (SSSR count). The molecule has 0 atom stereocenters. The molecule has 1 aliphatic rings. The fourth-order valence-corrected chi connectivity index (χ4v) is 4.74. The van der Waals surface area contributed by atoms with Gasteiger partial charge in [-0.05, 0) is 41.8 Å². The Morgan fingerprint density at radius 2 is 2.14 bits per heavy atom. The molecule has 1 saturated carbocycles. The Bertz CT molecular complexity index is 326. The molecule has 0 bridgehead atoms. The second-order valence-electron chi connectivity index (χ2n) is 4.23. The third-order valence-corrected chi connectivity index (χ3v) is 5.43. The predicted molar refractivity (Wildman–Crippen MR) is 66.0 cm³/mol. The van der Waals surface area contributed by atoms with Gasteiger partial charge in [-0.2, -0.15) is 0 Å². The molecule has 0 spiro atoms. The van der Waals surface area contributed by atoms with Crippen LogP contribution >= 0.6 is 27.3 Å². The maximum absolute atomic E-state index is 5.96. The van der Waals surface area contributed by atoms with E-state index in [1.54, 1.807) is 0 Å². The number of hydrogen-bond donors (Lipinski definition) is 1. The minimum atomic E-state index is 0.289. The van der Waals surface area contributed by atoms with Crippen molar-refractivity contribution in [1.29, 1.82) is 0 Å². The van der Waals surface area contributed by atoms with Crippen LogP contribution in [-0.4, -0.2) is 6.54 Å². The molecular formula is C11H16BrNS. The van der Waals surface area contributed by atoms with Gasteiger partial charge in [0.1, 0.15) is 0 Å². The third-order valence-electron chi connectivity index (χ3n) is 3.24. The van der Waals surface area contributed by atoms with Gasteiger partial charge in [0, 0.05) is 26.2 Å². The minimum absolute atomic E-state index is 0.289. The van der Waals surface area contributed by atoms with Crippen LogP contribution in [0, 0.1) is 6.92 Å². The molecule has 1 nitrogen and oxygen atoms in total. The maximum atomic E-state index is 5.96. The number of thiophene rings is 1. The zero-order valence-corrected chi connectivity index (χ0v) is 10.9. The van der Waals surface area contributed by atoms with E-state index in [1.807, 2.05) is 11.3 Å². The number of nitrogens with two attached hydrogens (primary N) is 1. The molecule has 1 fully saturated rings. The van der Waals surface area contributed by atoms with E-state index in [9.17, 15) is 0 Å². The Morgan fingerprint density at radius 3 is 2.57 bits per heavy atom. The van der Waals surface area contributed by atoms with Crippen LogP contribution < -0.4 is 5.73 Å². The van der Waals surface area contributed by atoms with E-state index in [0.29, 0.717) is 0 Å². The van der Waals surface area contributed by atoms with Crippen molar-refractivity contribution in [3.8, 4) is 0 Å². The van der Waals surface area contributed by atoms with E-state index in [4.69, 9.17) is 5.73 Å². The van der Waals surface area contributed by atoms with E-state index >= 15 is 0 Å². The number of halogens is 1. The summed E-state index contributed by atoms with van der Waals surface area (Å²) in [5.74, 6) is 0. The molecule has 2 N–H and O–H groups in total. The van der Waals surface area contributed by atoms with Crippen molar-refractivity contribution in [2.24, 2.45) is 5.73 Å². The summed E-state index contributed by atoms with van der Waals surface area (Å²) in [4.78, 5) is 2.86. The second-order valence-corrected chi connectivity index (χ2v) is 6.34. The van der Waals surface area contributed by atoms with Gasteiger partial charge < -0.3 is 5.73 Å². The smallest absolute Gasteiger partial charge is 0.0323 e. The lowest BCUT2D eigenvalue weighted by molar-refractivity contribution is 0.460. The van der Waals surface area contributed by atoms with Crippen molar-refractivity contribution in [3.63, 3.8) is 0 Å². The van der Waals surface area contributed by atoms with Gasteiger partial charge in [-0.1, -0.05) is 12.8 Å². The van der Waals surface area contributed by atoms with E-state index in [-0.39, 0.29) is 5.41 Å². The quantitative estimate of drug-likeness (QED) is 0.876. The molecular weight excluding hydrogens is 258 g/mol. The van der Waals surface area contributed by atoms with E-state index < -0.39 is 0 Å². The summed E-state index contributed by atoms with van der Waals surface area (Å²) in [6, 6.07) is 2.22. The molecule has 0 unspecified atom stereocenters. The molecule has 1 aromatic heterocycles. The Labute approximate surface area is 97.8 Å². The lowest BCUT2D eigenvalue weighted by Crippen LogP contribution is -2.31. The van der Waals surface area contributed by atoms with Gasteiger partial charge in [-0.25, -0.2) is 0 Å². The number of aryl methyl sites for hydroxylation is 1. The first kappa shape index (κ1) is 10.7. The normalized spacial score (nSPS) is 20.2. The fourth-order valence-electron chi connectivity index (χ4n) is 2.42. The van der Waals surface area contributed by atoms with Crippen molar-refractivity contribution >= 4 is 27.3 Å². The molecule has 1 aliphatic carbocycles. The Balaban J connectivity index is 2.40. The fraction of sp³-hybridized carbons (Fsp3) is 0.636. The van der Waals surface area contributed by atoms with Crippen LogP contribution in [0.1, 0.15) is 35.4 Å². The predicted octanol–water partition coefficient (Wildman–Crippen LogP) is 3.59. The summed E-state index contributed by atoms with van der Waals surface area (Å²) in [5.41, 5.74) is 6.25. The van der Waals surface area contributed by atoms with Crippen LogP contribution in [0.5, 0.6) is 0 Å². The molecule has 1 aromatic rings. The molecule has 78 valence electrons. The highest BCUT2D eigenvalue weighted by molar-refractivity contribution is 9.10. The second kappa shape index (κ2) is 3.95. The summed E-state index contributed by atoms with van der Waals surface area (Å²) in [6.07, 6.45) is 5.20. The van der Waals surface area contributed by atoms with Crippen LogP contribution in [0.2, 0.25) is 0 Å². The van der Waals surface area contributed by atoms with Gasteiger partial charge in [-0.3, -0.25) is 0 Å². The van der Waals surface area contributed by atoms with Crippen molar-refractivity contribution in [3.05, 3.63) is 20.3 Å². The van der Waals surface area contributed by atoms with E-state index in [1.165, 1.54) is 39.9 Å². The average molecular weight is 274 g/mol. The first-order chi connectivity index (χ1) is 6.68. The van der Waals surface area contributed by atoms with Gasteiger partial charge >= 0.3 is 0 Å². The molecule has 0 saturated heterocycles. The van der Waals surface area contributed by atoms with Crippen LogP contribution in [0.15, 0.2) is 10.5 Å². The molecule has 14 heavy (non-hydrogen) atoms. The zero-order chi connectivity index (χ0) is 10.2. The molecule has 0 aromatic carbocycles. The van der Waals surface area contributed by atoms with E-state index in [2.05, 4.69) is 28.9 Å². The van der Waals surface area contributed by atoms with Gasteiger partial charge in [0.2, 0.25) is 0 Å². The number of rotatable bonds is 2. The molecule has 0 radical (unpaired) electrons. The lowest BCUT2D eigenvalue weighted by atomic mass is 9.85. The topological polar surface area (TPSA) is 26.0 Å². The molecule has 0 aliphatic heterocycles. The minimum Gasteiger partial charge on any atom is -0.330 e. The first-order valence-corrected chi connectivity index (χ1v) is 6.75. The Kier molecular flexibility index (Phi) is 3.01. The maximum Gasteiger partial charge on any atom is 0.0323 e. The van der Waals surface area contributed by atoms with Gasteiger partial charge in [0.15, 0.2) is 0 Å². The Hall–Kier alpha value is 0.140. The number of hydrogen-bond acceptors (Lipinski definition) is 2. The van der Waals surface area contributed by atoms with Crippen LogP contribution in [0.4, 0.5) is 0 Å². The summed E-state index contributed by atoms with van der Waals surface area (Å²) in [6.45, 7) is 2.96. The van der Waals surface area contributed by atoms with E-state index in [0.717, 1.165) is 6.54 Å². The van der Waals surface area contributed by atoms with Gasteiger partial charge in [-0.15, -0.1) is 11.3 Å². The monoisotopic (exact) mass is 273 g/mol. The summed E-state index contributed by atoms with van der Waals surface area (Å²) < 4.78 is 1.27. The average Bonchev–Trinajstić information content (AvgIpc) is 2.73. The largest absolute Gasteiger partial charge is 0.330 e. The van der Waals surface area contributed by atoms with Crippen molar-refractivity contribution in [2.75, 3.05) is 6.54 Å². The zero-order valence-electron chi connectivity index (χ0n) is 8.48. The summed E-state index contributed by atoms with van der Waals surface area (Å²) in [7, 11) is 0. The van der Waals surface area contributed by atoms with Crippen LogP contribution in [0.25, 0.3) is 0 Å². The lowest BCUT2D eigenvalue weighted by Gasteiger charge is -2.26. The van der Waals surface area contributed by atoms with Crippen LogP contribution in [0.3, 0.4) is 0 Å². The van der Waals surface area contributed by atoms with Gasteiger partial charge in [0.25, 0.3) is 0 Å². The third kappa shape index (κ3) is 1.66. The van der Waals surface area contributed by atoms with Crippen molar-refractivity contribution in [2.45, 2.75) is 38.0 Å². The first-order valence-electron chi connectivity index (χ1n) is 5.14. The SMILES string of the molecule is Cc1cc(Br)c(C2(CN)CCCC2)s1. The highest BCUT2D eigenvalue weighted by atomic mass is 79.9.